The summed E-state index contributed by atoms with van der Waals surface area (Å²) >= 11 is 6.33. The molecule has 4 aromatic rings. The molecule has 1 heterocycles. The van der Waals surface area contributed by atoms with E-state index in [4.69, 9.17) is 16.7 Å². The van der Waals surface area contributed by atoms with Crippen molar-refractivity contribution < 1.29 is 14.7 Å². The second-order valence-corrected chi connectivity index (χ2v) is 7.74. The first-order chi connectivity index (χ1) is 16.0. The zero-order valence-corrected chi connectivity index (χ0v) is 18.1. The molecule has 0 bridgehead atoms. The average Bonchev–Trinajstić information content (AvgIpc) is 3.16. The summed E-state index contributed by atoms with van der Waals surface area (Å²) in [5.74, 6) is -1.73. The summed E-state index contributed by atoms with van der Waals surface area (Å²) in [5.41, 5.74) is 2.84. The van der Waals surface area contributed by atoms with E-state index in [2.05, 4.69) is 5.32 Å². The molecule has 3 aromatic carbocycles. The van der Waals surface area contributed by atoms with Gasteiger partial charge in [0.25, 0.3) is 5.91 Å². The summed E-state index contributed by atoms with van der Waals surface area (Å²) in [6, 6.07) is 23.1. The first kappa shape index (κ1) is 21.9. The topological polar surface area (TPSA) is 95.1 Å². The van der Waals surface area contributed by atoms with Gasteiger partial charge in [0.05, 0.1) is 5.56 Å². The van der Waals surface area contributed by atoms with E-state index in [0.29, 0.717) is 22.8 Å². The third-order valence-corrected chi connectivity index (χ3v) is 5.52. The van der Waals surface area contributed by atoms with Gasteiger partial charge in [-0.05, 0) is 42.0 Å². The van der Waals surface area contributed by atoms with Crippen molar-refractivity contribution in [2.24, 2.45) is 0 Å². The van der Waals surface area contributed by atoms with Gasteiger partial charge < -0.3 is 15.0 Å². The molecule has 1 aromatic heterocycles. The predicted octanol–water partition coefficient (Wildman–Crippen LogP) is 5.59. The van der Waals surface area contributed by atoms with Gasteiger partial charge in [-0.25, -0.2) is 4.79 Å². The molecule has 2 N–H and O–H groups in total. The fourth-order valence-electron chi connectivity index (χ4n) is 3.56. The minimum Gasteiger partial charge on any atom is -0.478 e. The first-order valence-electron chi connectivity index (χ1n) is 10.0. The second-order valence-electron chi connectivity index (χ2n) is 7.33. The highest BCUT2D eigenvalue weighted by Crippen LogP contribution is 2.26. The van der Waals surface area contributed by atoms with Crippen LogP contribution in [0.5, 0.6) is 0 Å². The van der Waals surface area contributed by atoms with E-state index in [1.807, 2.05) is 65.4 Å². The molecule has 0 unspecified atom stereocenters. The number of aromatic nitrogens is 1. The van der Waals surface area contributed by atoms with Crippen LogP contribution in [-0.4, -0.2) is 21.6 Å². The number of carboxylic acids is 1. The summed E-state index contributed by atoms with van der Waals surface area (Å²) in [7, 11) is 0. The number of carbonyl (C=O) groups is 2. The van der Waals surface area contributed by atoms with Crippen LogP contribution in [-0.2, 0) is 11.3 Å². The number of rotatable bonds is 6. The van der Waals surface area contributed by atoms with E-state index in [1.54, 1.807) is 6.07 Å². The van der Waals surface area contributed by atoms with Gasteiger partial charge in [-0.3, -0.25) is 4.79 Å². The highest BCUT2D eigenvalue weighted by molar-refractivity contribution is 6.31. The second kappa shape index (κ2) is 9.43. The molecule has 0 aliphatic carbocycles. The minimum atomic E-state index is -1.10. The fourth-order valence-corrected chi connectivity index (χ4v) is 3.76. The van der Waals surface area contributed by atoms with E-state index in [1.165, 1.54) is 24.3 Å². The van der Waals surface area contributed by atoms with Crippen LogP contribution in [0.15, 0.2) is 84.6 Å². The largest absolute Gasteiger partial charge is 0.478 e. The first-order valence-corrected chi connectivity index (χ1v) is 10.4. The Morgan fingerprint density at radius 1 is 1.06 bits per heavy atom. The van der Waals surface area contributed by atoms with E-state index in [-0.39, 0.29) is 11.1 Å². The van der Waals surface area contributed by atoms with Crippen molar-refractivity contribution in [3.8, 4) is 6.07 Å². The van der Waals surface area contributed by atoms with Crippen LogP contribution in [0.1, 0.15) is 21.5 Å². The fraction of sp³-hybridized carbons (Fsp3) is 0.0385. The number of nitrogens with zero attached hydrogens (tertiary/aromatic N) is 2. The molecule has 0 fully saturated rings. The summed E-state index contributed by atoms with van der Waals surface area (Å²) in [5, 5.41) is 22.9. The normalized spacial score (nSPS) is 11.2. The van der Waals surface area contributed by atoms with Gasteiger partial charge in [-0.15, -0.1) is 0 Å². The highest BCUT2D eigenvalue weighted by Gasteiger charge is 2.14. The molecule has 0 radical (unpaired) electrons. The summed E-state index contributed by atoms with van der Waals surface area (Å²) in [6.07, 6.45) is 3.41. The number of nitrogens with one attached hydrogen (secondary N) is 1. The van der Waals surface area contributed by atoms with Crippen molar-refractivity contribution in [1.82, 2.24) is 4.57 Å². The Hall–Kier alpha value is -4.34. The summed E-state index contributed by atoms with van der Waals surface area (Å²) in [6.45, 7) is 0.532. The number of halogens is 1. The molecule has 1 amide bonds. The standard InChI is InChI=1S/C26H18ClN3O3/c27-23-10-3-1-6-18(23)15-30-16-20(22-9-2-4-11-24(22)30)12-19(14-28)25(31)29-21-8-5-7-17(13-21)26(32)33/h1-13,16H,15H2,(H,29,31)(H,32,33)/b19-12-. The lowest BCUT2D eigenvalue weighted by atomic mass is 10.1. The average molecular weight is 456 g/mol. The van der Waals surface area contributed by atoms with Crippen LogP contribution in [0, 0.1) is 11.3 Å². The van der Waals surface area contributed by atoms with Crippen molar-refractivity contribution in [3.63, 3.8) is 0 Å². The van der Waals surface area contributed by atoms with Gasteiger partial charge in [0.2, 0.25) is 0 Å². The monoisotopic (exact) mass is 455 g/mol. The molecule has 0 aliphatic rings. The number of carboxylic acid groups (broad SMARTS) is 1. The van der Waals surface area contributed by atoms with Crippen LogP contribution in [0.25, 0.3) is 17.0 Å². The minimum absolute atomic E-state index is 0.0398. The molecule has 162 valence electrons. The van der Waals surface area contributed by atoms with E-state index in [9.17, 15) is 14.9 Å². The molecule has 0 atom stereocenters. The molecule has 33 heavy (non-hydrogen) atoms. The molecule has 6 nitrogen and oxygen atoms in total. The highest BCUT2D eigenvalue weighted by atomic mass is 35.5. The van der Waals surface area contributed by atoms with E-state index >= 15 is 0 Å². The van der Waals surface area contributed by atoms with Gasteiger partial charge in [0, 0.05) is 39.9 Å². The van der Waals surface area contributed by atoms with E-state index in [0.717, 1.165) is 16.5 Å². The zero-order valence-electron chi connectivity index (χ0n) is 17.3. The van der Waals surface area contributed by atoms with Gasteiger partial charge >= 0.3 is 5.97 Å². The number of fused-ring (bicyclic) bond motifs is 1. The number of hydrogen-bond donors (Lipinski definition) is 2. The number of hydrogen-bond acceptors (Lipinski definition) is 3. The lowest BCUT2D eigenvalue weighted by Gasteiger charge is -2.07. The number of carbonyl (C=O) groups excluding carboxylic acids is 1. The Balaban J connectivity index is 1.67. The molecule has 0 saturated heterocycles. The third-order valence-electron chi connectivity index (χ3n) is 5.15. The van der Waals surface area contributed by atoms with Gasteiger partial charge in [0.1, 0.15) is 11.6 Å². The Morgan fingerprint density at radius 2 is 1.82 bits per heavy atom. The molecule has 0 spiro atoms. The smallest absolute Gasteiger partial charge is 0.335 e. The van der Waals surface area contributed by atoms with Crippen molar-refractivity contribution in [2.45, 2.75) is 6.54 Å². The maximum Gasteiger partial charge on any atom is 0.335 e. The molecule has 0 saturated carbocycles. The van der Waals surface area contributed by atoms with Gasteiger partial charge in [-0.2, -0.15) is 5.26 Å². The molecule has 7 heteroatoms. The molecule has 4 rings (SSSR count). The number of nitriles is 1. The Labute approximate surface area is 195 Å². The van der Waals surface area contributed by atoms with Crippen LogP contribution in [0.2, 0.25) is 5.02 Å². The Morgan fingerprint density at radius 3 is 2.58 bits per heavy atom. The zero-order chi connectivity index (χ0) is 23.4. The van der Waals surface area contributed by atoms with Crippen molar-refractivity contribution in [3.05, 3.63) is 106 Å². The lowest BCUT2D eigenvalue weighted by molar-refractivity contribution is -0.112. The van der Waals surface area contributed by atoms with Crippen LogP contribution in [0.3, 0.4) is 0 Å². The van der Waals surface area contributed by atoms with Crippen molar-refractivity contribution in [2.75, 3.05) is 5.32 Å². The maximum absolute atomic E-state index is 12.7. The van der Waals surface area contributed by atoms with Crippen molar-refractivity contribution >= 4 is 46.1 Å². The van der Waals surface area contributed by atoms with Gasteiger partial charge in [-0.1, -0.05) is 54.1 Å². The maximum atomic E-state index is 12.7. The Kier molecular flexibility index (Phi) is 6.25. The number of aromatic carboxylic acids is 1. The number of amides is 1. The van der Waals surface area contributed by atoms with Crippen LogP contribution >= 0.6 is 11.6 Å². The number of para-hydroxylation sites is 1. The van der Waals surface area contributed by atoms with Crippen molar-refractivity contribution in [1.29, 1.82) is 5.26 Å². The third kappa shape index (κ3) is 4.79. The predicted molar refractivity (Wildman–Crippen MR) is 128 cm³/mol. The van der Waals surface area contributed by atoms with Crippen LogP contribution in [0.4, 0.5) is 5.69 Å². The number of anilines is 1. The Bertz CT molecular complexity index is 1450. The SMILES string of the molecule is N#C/C(=C/c1cn(Cc2ccccc2Cl)c2ccccc12)C(=O)Nc1cccc(C(=O)O)c1. The molecular weight excluding hydrogens is 438 g/mol. The molecule has 0 aliphatic heterocycles. The summed E-state index contributed by atoms with van der Waals surface area (Å²) < 4.78 is 2.02. The number of benzene rings is 3. The lowest BCUT2D eigenvalue weighted by Crippen LogP contribution is -2.13. The van der Waals surface area contributed by atoms with E-state index < -0.39 is 11.9 Å². The quantitative estimate of drug-likeness (QED) is 0.293. The summed E-state index contributed by atoms with van der Waals surface area (Å²) in [4.78, 5) is 23.9. The van der Waals surface area contributed by atoms with Crippen LogP contribution < -0.4 is 5.32 Å². The van der Waals surface area contributed by atoms with Gasteiger partial charge in [0.15, 0.2) is 0 Å². The molecular formula is C26H18ClN3O3.